The van der Waals surface area contributed by atoms with Gasteiger partial charge in [0, 0.05) is 5.56 Å². The molecule has 0 radical (unpaired) electrons. The number of nitrogens with one attached hydrogen (secondary N) is 1. The average molecular weight is 262 g/mol. The molecule has 0 saturated heterocycles. The molecule has 19 heavy (non-hydrogen) atoms. The van der Waals surface area contributed by atoms with Gasteiger partial charge in [0.1, 0.15) is 6.61 Å². The molecule has 1 aromatic rings. The van der Waals surface area contributed by atoms with Crippen molar-refractivity contribution in [2.45, 2.75) is 25.6 Å². The fourth-order valence-corrected chi connectivity index (χ4v) is 2.04. The third-order valence-corrected chi connectivity index (χ3v) is 3.28. The van der Waals surface area contributed by atoms with E-state index in [-0.39, 0.29) is 29.9 Å². The molecule has 0 spiro atoms. The number of aromatic nitrogens is 1. The molecule has 0 amide bonds. The number of hydrogen-bond acceptors (Lipinski definition) is 5. The minimum absolute atomic E-state index is 0.107. The predicted octanol–water partition coefficient (Wildman–Crippen LogP) is 0.701. The van der Waals surface area contributed by atoms with Crippen LogP contribution in [0.2, 0.25) is 0 Å². The van der Waals surface area contributed by atoms with Crippen molar-refractivity contribution in [1.82, 2.24) is 4.98 Å². The van der Waals surface area contributed by atoms with Crippen molar-refractivity contribution in [3.05, 3.63) is 39.8 Å². The van der Waals surface area contributed by atoms with Gasteiger partial charge in [-0.3, -0.25) is 9.79 Å². The minimum atomic E-state index is -1.81. The number of fused-ring (bicyclic) bond motifs is 1. The predicted molar refractivity (Wildman–Crippen MR) is 69.6 cm³/mol. The number of H-pyrrole nitrogens is 1. The fourth-order valence-electron chi connectivity index (χ4n) is 2.04. The van der Waals surface area contributed by atoms with Gasteiger partial charge in [0.25, 0.3) is 5.56 Å². The molecule has 0 fully saturated rings. The number of hydrogen-bond donors (Lipinski definition) is 2. The Kier molecular flexibility index (Phi) is 3.11. The summed E-state index contributed by atoms with van der Waals surface area (Å²) < 4.78 is 4.85. The maximum absolute atomic E-state index is 12.0. The van der Waals surface area contributed by atoms with Gasteiger partial charge in [0.2, 0.25) is 0 Å². The van der Waals surface area contributed by atoms with Crippen LogP contribution in [0.1, 0.15) is 30.2 Å². The van der Waals surface area contributed by atoms with Crippen LogP contribution in [0.15, 0.2) is 22.4 Å². The molecule has 1 atom stereocenters. The minimum Gasteiger partial charge on any atom is -0.458 e. The number of aromatic amines is 1. The van der Waals surface area contributed by atoms with Gasteiger partial charge in [-0.1, -0.05) is 13.5 Å². The van der Waals surface area contributed by atoms with E-state index >= 15 is 0 Å². The van der Waals surface area contributed by atoms with Crippen molar-refractivity contribution in [2.24, 2.45) is 4.99 Å². The van der Waals surface area contributed by atoms with Crippen LogP contribution >= 0.6 is 0 Å². The Morgan fingerprint density at radius 3 is 2.89 bits per heavy atom. The van der Waals surface area contributed by atoms with Gasteiger partial charge < -0.3 is 14.8 Å². The summed E-state index contributed by atoms with van der Waals surface area (Å²) in [6, 6.07) is 1.50. The molecule has 100 valence electrons. The third-order valence-electron chi connectivity index (χ3n) is 3.28. The number of rotatable bonds is 3. The highest BCUT2D eigenvalue weighted by atomic mass is 16.6. The van der Waals surface area contributed by atoms with E-state index in [2.05, 4.69) is 23.3 Å². The van der Waals surface area contributed by atoms with Gasteiger partial charge in [-0.15, -0.1) is 0 Å². The molecule has 0 aromatic carbocycles. The molecule has 2 N–H and O–H groups in total. The third kappa shape index (κ3) is 1.90. The smallest absolute Gasteiger partial charge is 0.343 e. The summed E-state index contributed by atoms with van der Waals surface area (Å²) in [6.07, 6.45) is 0.107. The zero-order chi connectivity index (χ0) is 14.2. The molecule has 1 aliphatic heterocycles. The zero-order valence-corrected chi connectivity index (χ0v) is 10.5. The lowest BCUT2D eigenvalue weighted by molar-refractivity contribution is -0.172. The molecule has 0 saturated carbocycles. The van der Waals surface area contributed by atoms with E-state index in [9.17, 15) is 14.7 Å². The normalized spacial score (nSPS) is 21.5. The molecule has 2 rings (SSSR count). The molecule has 1 aliphatic rings. The second-order valence-corrected chi connectivity index (χ2v) is 4.30. The Morgan fingerprint density at radius 2 is 2.32 bits per heavy atom. The zero-order valence-electron chi connectivity index (χ0n) is 10.5. The first-order valence-electron chi connectivity index (χ1n) is 5.76. The summed E-state index contributed by atoms with van der Waals surface area (Å²) in [4.78, 5) is 29.9. The lowest BCUT2D eigenvalue weighted by atomic mass is 9.86. The van der Waals surface area contributed by atoms with E-state index in [0.717, 1.165) is 0 Å². The molecule has 6 nitrogen and oxygen atoms in total. The lowest BCUT2D eigenvalue weighted by Crippen LogP contribution is -2.43. The first-order chi connectivity index (χ1) is 8.93. The number of carbonyl (C=O) groups excluding carboxylic acids is 1. The van der Waals surface area contributed by atoms with Gasteiger partial charge in [0.05, 0.1) is 17.0 Å². The molecule has 0 unspecified atom stereocenters. The van der Waals surface area contributed by atoms with Crippen molar-refractivity contribution in [3.63, 3.8) is 0 Å². The summed E-state index contributed by atoms with van der Waals surface area (Å²) in [5.74, 6) is -0.753. The van der Waals surface area contributed by atoms with Crippen LogP contribution < -0.4 is 5.56 Å². The van der Waals surface area contributed by atoms with Crippen LogP contribution in [0.25, 0.3) is 5.70 Å². The largest absolute Gasteiger partial charge is 0.458 e. The molecular formula is C13H14N2O4. The van der Waals surface area contributed by atoms with Crippen molar-refractivity contribution >= 4 is 18.4 Å². The van der Waals surface area contributed by atoms with Crippen LogP contribution in [-0.2, 0) is 21.7 Å². The van der Waals surface area contributed by atoms with Gasteiger partial charge in [0.15, 0.2) is 5.60 Å². The number of nitrogens with zero attached hydrogens (tertiary/aromatic N) is 1. The number of aliphatic hydroxyl groups is 1. The van der Waals surface area contributed by atoms with Crippen molar-refractivity contribution in [2.75, 3.05) is 0 Å². The molecule has 0 aliphatic carbocycles. The summed E-state index contributed by atoms with van der Waals surface area (Å²) in [5, 5.41) is 10.4. The van der Waals surface area contributed by atoms with E-state index in [1.165, 1.54) is 6.07 Å². The van der Waals surface area contributed by atoms with Crippen molar-refractivity contribution < 1.29 is 14.6 Å². The van der Waals surface area contributed by atoms with Gasteiger partial charge in [-0.05, 0) is 19.2 Å². The first-order valence-corrected chi connectivity index (χ1v) is 5.76. The van der Waals surface area contributed by atoms with E-state index in [1.54, 1.807) is 6.92 Å². The Morgan fingerprint density at radius 1 is 1.63 bits per heavy atom. The molecular weight excluding hydrogens is 248 g/mol. The van der Waals surface area contributed by atoms with Crippen LogP contribution in [0.5, 0.6) is 0 Å². The summed E-state index contributed by atoms with van der Waals surface area (Å²) in [7, 11) is 0. The molecule has 0 bridgehead atoms. The second-order valence-electron chi connectivity index (χ2n) is 4.30. The van der Waals surface area contributed by atoms with Crippen LogP contribution in [-0.4, -0.2) is 22.8 Å². The number of esters is 1. The van der Waals surface area contributed by atoms with Crippen LogP contribution in [0.4, 0.5) is 0 Å². The van der Waals surface area contributed by atoms with Crippen LogP contribution in [0.3, 0.4) is 0 Å². The number of carbonyl (C=O) groups is 1. The summed E-state index contributed by atoms with van der Waals surface area (Å²) in [6.45, 7) is 8.44. The highest BCUT2D eigenvalue weighted by Gasteiger charge is 2.44. The van der Waals surface area contributed by atoms with E-state index < -0.39 is 17.1 Å². The van der Waals surface area contributed by atoms with E-state index in [0.29, 0.717) is 5.69 Å². The van der Waals surface area contributed by atoms with E-state index in [1.807, 2.05) is 0 Å². The average Bonchev–Trinajstić information content (AvgIpc) is 2.42. The molecule has 1 aromatic heterocycles. The summed E-state index contributed by atoms with van der Waals surface area (Å²) >= 11 is 0. The highest BCUT2D eigenvalue weighted by Crippen LogP contribution is 2.33. The molecule has 2 heterocycles. The number of ether oxygens (including phenoxy) is 1. The topological polar surface area (TPSA) is 91.8 Å². The summed E-state index contributed by atoms with van der Waals surface area (Å²) in [5.41, 5.74) is -1.17. The second kappa shape index (κ2) is 4.47. The Bertz CT molecular complexity index is 632. The first kappa shape index (κ1) is 13.2. The maximum Gasteiger partial charge on any atom is 0.343 e. The van der Waals surface area contributed by atoms with E-state index in [4.69, 9.17) is 4.74 Å². The van der Waals surface area contributed by atoms with Gasteiger partial charge >= 0.3 is 5.97 Å². The SMILES string of the molecule is C=NC(=C)c1cc2c(c(=O)[nH]1)COC(=O)[C@]2(O)CC. The Hall–Kier alpha value is -2.21. The highest BCUT2D eigenvalue weighted by molar-refractivity contribution is 5.83. The fraction of sp³-hybridized carbons (Fsp3) is 0.308. The standard InChI is InChI=1S/C13H14N2O4/c1-4-13(18)9-5-10(7(2)14-3)15-11(16)8(9)6-19-12(13)17/h5,18H,2-4,6H2,1H3,(H,15,16)/t13-/m0/s1. The van der Waals surface area contributed by atoms with Gasteiger partial charge in [-0.25, -0.2) is 4.79 Å². The van der Waals surface area contributed by atoms with Crippen molar-refractivity contribution in [1.29, 1.82) is 0 Å². The van der Waals surface area contributed by atoms with Crippen molar-refractivity contribution in [3.8, 4) is 0 Å². The van der Waals surface area contributed by atoms with Crippen LogP contribution in [0, 0.1) is 0 Å². The Labute approximate surface area is 109 Å². The maximum atomic E-state index is 12.0. The van der Waals surface area contributed by atoms with Gasteiger partial charge in [-0.2, -0.15) is 0 Å². The lowest BCUT2D eigenvalue weighted by Gasteiger charge is -2.31. The number of aliphatic imine (C=N–C) groups is 1. The number of pyridine rings is 1. The Balaban J connectivity index is 2.73. The molecule has 6 heteroatoms. The quantitative estimate of drug-likeness (QED) is 0.619. The monoisotopic (exact) mass is 262 g/mol. The number of cyclic esters (lactones) is 1.